The number of rotatable bonds is 4. The summed E-state index contributed by atoms with van der Waals surface area (Å²) in [6.07, 6.45) is 7.05. The third-order valence-electron chi connectivity index (χ3n) is 14.8. The van der Waals surface area contributed by atoms with E-state index in [2.05, 4.69) is 170 Å². The lowest BCUT2D eigenvalue weighted by Crippen LogP contribution is -2.55. The Morgan fingerprint density at radius 2 is 0.944 bits per heavy atom. The molecule has 54 heavy (non-hydrogen) atoms. The molecule has 0 atom stereocenters. The van der Waals surface area contributed by atoms with Crippen LogP contribution in [0.1, 0.15) is 68.2 Å². The van der Waals surface area contributed by atoms with Gasteiger partial charge < -0.3 is 4.90 Å². The molecular weight excluding hydrogens is 651 g/mol. The van der Waals surface area contributed by atoms with Crippen LogP contribution in [0.4, 0.5) is 17.1 Å². The highest BCUT2D eigenvalue weighted by atomic mass is 15.1. The van der Waals surface area contributed by atoms with E-state index in [0.717, 1.165) is 23.7 Å². The largest absolute Gasteiger partial charge is 0.310 e. The standard InChI is InChI=1S/C53H45N/c1-52(2)48-16-7-5-13-44(48)46-24-22-40(31-50(46)52)54(39-20-18-36(19-21-39)43-15-9-11-35-10-3-4-12-42(35)43)41-23-25-47-45-14-6-8-17-49(45)53(51(47)32-41)37-27-33-26-34(29-37)30-38(53)28-33/h3-25,31-34,37-38H,26-30H2,1-2H3. The lowest BCUT2D eigenvalue weighted by Gasteiger charge is -2.61. The highest BCUT2D eigenvalue weighted by molar-refractivity contribution is 5.97. The third-order valence-corrected chi connectivity index (χ3v) is 14.8. The minimum absolute atomic E-state index is 0.0736. The summed E-state index contributed by atoms with van der Waals surface area (Å²) in [4.78, 5) is 2.55. The van der Waals surface area contributed by atoms with Crippen molar-refractivity contribution in [3.05, 3.63) is 174 Å². The highest BCUT2D eigenvalue weighted by Gasteiger charge is 2.61. The first kappa shape index (κ1) is 31.0. The van der Waals surface area contributed by atoms with Crippen molar-refractivity contribution in [1.82, 2.24) is 0 Å². The normalized spacial score (nSPS) is 24.7. The zero-order valence-corrected chi connectivity index (χ0v) is 31.2. The first-order chi connectivity index (χ1) is 26.5. The molecular formula is C53H45N. The molecule has 1 nitrogen and oxygen atoms in total. The molecule has 4 bridgehead atoms. The molecule has 6 aliphatic rings. The summed E-state index contributed by atoms with van der Waals surface area (Å²) in [5.74, 6) is 3.32. The lowest BCUT2D eigenvalue weighted by atomic mass is 9.43. The van der Waals surface area contributed by atoms with Crippen molar-refractivity contribution in [2.75, 3.05) is 4.90 Å². The summed E-state index contributed by atoms with van der Waals surface area (Å²) in [5.41, 5.74) is 18.0. The van der Waals surface area contributed by atoms with Crippen LogP contribution in [0, 0.1) is 23.7 Å². The average Bonchev–Trinajstić information content (AvgIpc) is 3.62. The van der Waals surface area contributed by atoms with Crippen LogP contribution in [0.2, 0.25) is 0 Å². The second kappa shape index (κ2) is 11.1. The smallest absolute Gasteiger partial charge is 0.0465 e. The summed E-state index contributed by atoms with van der Waals surface area (Å²) in [5, 5.41) is 2.57. The summed E-state index contributed by atoms with van der Waals surface area (Å²) in [6.45, 7) is 4.79. The molecule has 4 saturated carbocycles. The van der Waals surface area contributed by atoms with Gasteiger partial charge in [0.05, 0.1) is 0 Å². The Kier molecular flexibility index (Phi) is 6.36. The molecule has 6 aliphatic carbocycles. The molecule has 0 saturated heterocycles. The minimum Gasteiger partial charge on any atom is -0.310 e. The summed E-state index contributed by atoms with van der Waals surface area (Å²) in [6, 6.07) is 58.1. The van der Waals surface area contributed by atoms with E-state index in [0.29, 0.717) is 0 Å². The Hall–Kier alpha value is -5.40. The van der Waals surface area contributed by atoms with Crippen molar-refractivity contribution in [2.45, 2.75) is 56.8 Å². The molecule has 1 heteroatoms. The molecule has 0 amide bonds. The summed E-state index contributed by atoms with van der Waals surface area (Å²) >= 11 is 0. The van der Waals surface area contributed by atoms with Crippen LogP contribution in [0.3, 0.4) is 0 Å². The van der Waals surface area contributed by atoms with Gasteiger partial charge in [0.25, 0.3) is 0 Å². The van der Waals surface area contributed by atoms with E-state index in [-0.39, 0.29) is 10.8 Å². The van der Waals surface area contributed by atoms with Gasteiger partial charge in [-0.25, -0.2) is 0 Å². The van der Waals surface area contributed by atoms with Crippen LogP contribution in [-0.2, 0) is 10.8 Å². The Morgan fingerprint density at radius 1 is 0.426 bits per heavy atom. The van der Waals surface area contributed by atoms with E-state index in [1.807, 2.05) is 0 Å². The van der Waals surface area contributed by atoms with E-state index in [9.17, 15) is 0 Å². The van der Waals surface area contributed by atoms with Gasteiger partial charge in [-0.05, 0) is 159 Å². The van der Waals surface area contributed by atoms with Crippen molar-refractivity contribution < 1.29 is 0 Å². The summed E-state index contributed by atoms with van der Waals surface area (Å²) in [7, 11) is 0. The van der Waals surface area contributed by atoms with Crippen molar-refractivity contribution in [3.63, 3.8) is 0 Å². The Labute approximate surface area is 319 Å². The topological polar surface area (TPSA) is 3.24 Å². The van der Waals surface area contributed by atoms with Gasteiger partial charge in [-0.3, -0.25) is 0 Å². The molecule has 0 heterocycles. The van der Waals surface area contributed by atoms with Crippen LogP contribution in [0.25, 0.3) is 44.2 Å². The van der Waals surface area contributed by atoms with Crippen molar-refractivity contribution in [3.8, 4) is 33.4 Å². The van der Waals surface area contributed by atoms with E-state index in [4.69, 9.17) is 0 Å². The predicted octanol–water partition coefficient (Wildman–Crippen LogP) is 14.0. The van der Waals surface area contributed by atoms with Crippen LogP contribution >= 0.6 is 0 Å². The zero-order chi connectivity index (χ0) is 35.8. The summed E-state index contributed by atoms with van der Waals surface area (Å²) < 4.78 is 0. The van der Waals surface area contributed by atoms with E-state index < -0.39 is 0 Å². The van der Waals surface area contributed by atoms with Gasteiger partial charge >= 0.3 is 0 Å². The van der Waals surface area contributed by atoms with Crippen molar-refractivity contribution >= 4 is 27.8 Å². The lowest BCUT2D eigenvalue weighted by molar-refractivity contribution is -0.0399. The number of hydrogen-bond donors (Lipinski definition) is 0. The predicted molar refractivity (Wildman–Crippen MR) is 225 cm³/mol. The molecule has 4 fully saturated rings. The van der Waals surface area contributed by atoms with Gasteiger partial charge in [0.2, 0.25) is 0 Å². The highest BCUT2D eigenvalue weighted by Crippen LogP contribution is 2.69. The van der Waals surface area contributed by atoms with Gasteiger partial charge in [0.15, 0.2) is 0 Å². The first-order valence-electron chi connectivity index (χ1n) is 20.4. The fraction of sp³-hybridized carbons (Fsp3) is 0.245. The van der Waals surface area contributed by atoms with Gasteiger partial charge in [-0.15, -0.1) is 0 Å². The molecule has 0 aromatic heterocycles. The maximum atomic E-state index is 2.64. The monoisotopic (exact) mass is 695 g/mol. The quantitative estimate of drug-likeness (QED) is 0.177. The Balaban J connectivity index is 1.05. The molecule has 7 aromatic carbocycles. The Morgan fingerprint density at radius 3 is 1.67 bits per heavy atom. The molecule has 0 aliphatic heterocycles. The van der Waals surface area contributed by atoms with Gasteiger partial charge in [-0.2, -0.15) is 0 Å². The SMILES string of the molecule is CC1(C)c2ccccc2-c2ccc(N(c3ccc(-c4cccc5ccccc45)cc3)c3ccc4c(c3)C3(c5ccccc5-4)C4CC5CC(C4)CC3C5)cc21. The molecule has 0 N–H and O–H groups in total. The van der Waals surface area contributed by atoms with Crippen LogP contribution in [0.5, 0.6) is 0 Å². The van der Waals surface area contributed by atoms with Crippen LogP contribution < -0.4 is 4.90 Å². The molecule has 262 valence electrons. The second-order valence-corrected chi connectivity index (χ2v) is 17.8. The van der Waals surface area contributed by atoms with Crippen LogP contribution in [0.15, 0.2) is 152 Å². The van der Waals surface area contributed by atoms with Gasteiger partial charge in [-0.1, -0.05) is 129 Å². The number of benzene rings is 7. The maximum Gasteiger partial charge on any atom is 0.0465 e. The van der Waals surface area contributed by atoms with Crippen molar-refractivity contribution in [2.24, 2.45) is 23.7 Å². The fourth-order valence-corrected chi connectivity index (χ4v) is 12.8. The number of hydrogen-bond acceptors (Lipinski definition) is 1. The number of anilines is 3. The maximum absolute atomic E-state index is 2.64. The number of fused-ring (bicyclic) bond motifs is 7. The number of nitrogens with zero attached hydrogens (tertiary/aromatic N) is 1. The van der Waals surface area contributed by atoms with E-state index in [1.165, 1.54) is 104 Å². The molecule has 0 unspecified atom stereocenters. The third kappa shape index (κ3) is 4.11. The molecule has 7 aromatic rings. The van der Waals surface area contributed by atoms with E-state index in [1.54, 1.807) is 11.1 Å². The molecule has 0 radical (unpaired) electrons. The second-order valence-electron chi connectivity index (χ2n) is 17.8. The van der Waals surface area contributed by atoms with Gasteiger partial charge in [0, 0.05) is 27.9 Å². The molecule has 1 spiro atoms. The first-order valence-corrected chi connectivity index (χ1v) is 20.4. The zero-order valence-electron chi connectivity index (χ0n) is 31.2. The minimum atomic E-state index is -0.0736. The van der Waals surface area contributed by atoms with Crippen molar-refractivity contribution in [1.29, 1.82) is 0 Å². The average molecular weight is 696 g/mol. The molecule has 13 rings (SSSR count). The Bertz CT molecular complexity index is 2630. The van der Waals surface area contributed by atoms with Gasteiger partial charge in [0.1, 0.15) is 0 Å². The van der Waals surface area contributed by atoms with E-state index >= 15 is 0 Å². The van der Waals surface area contributed by atoms with Crippen LogP contribution in [-0.4, -0.2) is 0 Å². The fourth-order valence-electron chi connectivity index (χ4n) is 12.8.